The predicted octanol–water partition coefficient (Wildman–Crippen LogP) is 3.83. The number of carbonyl (C=O) groups excluding carboxylic acids is 1. The number of ether oxygens (including phenoxy) is 1. The molecule has 2 N–H and O–H groups in total. The Balaban J connectivity index is 1.42. The second-order valence-electron chi connectivity index (χ2n) is 6.23. The number of amides is 1. The maximum Gasteiger partial charge on any atom is 0.407 e. The number of alkyl carbamates (subject to hydrolysis) is 1. The summed E-state index contributed by atoms with van der Waals surface area (Å²) in [5.74, 6) is 0.104. The Morgan fingerprint density at radius 2 is 1.69 bits per heavy atom. The van der Waals surface area contributed by atoms with Gasteiger partial charge < -0.3 is 15.2 Å². The summed E-state index contributed by atoms with van der Waals surface area (Å²) < 4.78 is 5.46. The van der Waals surface area contributed by atoms with Crippen molar-refractivity contribution in [2.45, 2.75) is 12.5 Å². The molecule has 0 bridgehead atoms. The highest BCUT2D eigenvalue weighted by Gasteiger charge is 2.28. The van der Waals surface area contributed by atoms with E-state index in [2.05, 4.69) is 34.6 Å². The standard InChI is InChI=1S/C21H18N2O3/c24-15-9-14(10-22-12-15)11-23-21(25)26-13-20-18-7-3-1-5-16(18)17-6-2-4-8-19(17)20/h1-10,12,20,24H,11,13H2,(H,23,25). The van der Waals surface area contributed by atoms with Gasteiger partial charge in [0.25, 0.3) is 0 Å². The monoisotopic (exact) mass is 346 g/mol. The number of nitrogens with one attached hydrogen (secondary N) is 1. The summed E-state index contributed by atoms with van der Waals surface area (Å²) in [6.07, 6.45) is 2.44. The Kier molecular flexibility index (Phi) is 4.27. The zero-order valence-corrected chi connectivity index (χ0v) is 14.1. The van der Waals surface area contributed by atoms with Crippen molar-refractivity contribution in [2.24, 2.45) is 0 Å². The number of rotatable bonds is 4. The minimum absolute atomic E-state index is 0.0376. The van der Waals surface area contributed by atoms with Crippen LogP contribution in [0.2, 0.25) is 0 Å². The van der Waals surface area contributed by atoms with E-state index >= 15 is 0 Å². The quantitative estimate of drug-likeness (QED) is 0.753. The van der Waals surface area contributed by atoms with Crippen LogP contribution in [0.3, 0.4) is 0 Å². The molecule has 0 unspecified atom stereocenters. The first kappa shape index (κ1) is 16.1. The molecule has 5 nitrogen and oxygen atoms in total. The number of aromatic hydroxyl groups is 1. The molecule has 0 aliphatic heterocycles. The Hall–Kier alpha value is -3.34. The third-order valence-corrected chi connectivity index (χ3v) is 4.56. The first-order valence-electron chi connectivity index (χ1n) is 8.44. The molecular weight excluding hydrogens is 328 g/mol. The Morgan fingerprint density at radius 1 is 1.04 bits per heavy atom. The van der Waals surface area contributed by atoms with E-state index < -0.39 is 6.09 Å². The summed E-state index contributed by atoms with van der Waals surface area (Å²) in [5, 5.41) is 12.1. The number of aromatic nitrogens is 1. The minimum atomic E-state index is -0.491. The van der Waals surface area contributed by atoms with E-state index in [1.165, 1.54) is 28.5 Å². The van der Waals surface area contributed by atoms with Crippen LogP contribution in [0.1, 0.15) is 22.6 Å². The molecule has 3 aromatic rings. The zero-order valence-electron chi connectivity index (χ0n) is 14.1. The molecule has 0 saturated heterocycles. The molecule has 1 heterocycles. The van der Waals surface area contributed by atoms with Crippen LogP contribution < -0.4 is 5.32 Å². The van der Waals surface area contributed by atoms with Crippen LogP contribution in [0.4, 0.5) is 4.79 Å². The van der Waals surface area contributed by atoms with E-state index in [0.29, 0.717) is 5.56 Å². The fourth-order valence-electron chi connectivity index (χ4n) is 3.39. The highest BCUT2D eigenvalue weighted by atomic mass is 16.5. The van der Waals surface area contributed by atoms with Gasteiger partial charge in [0.2, 0.25) is 0 Å². The molecule has 0 atom stereocenters. The number of pyridine rings is 1. The molecule has 2 aromatic carbocycles. The number of hydrogen-bond donors (Lipinski definition) is 2. The summed E-state index contributed by atoms with van der Waals surface area (Å²) in [5.41, 5.74) is 5.46. The molecule has 0 saturated carbocycles. The zero-order chi connectivity index (χ0) is 17.9. The van der Waals surface area contributed by atoms with Crippen molar-refractivity contribution in [1.29, 1.82) is 0 Å². The molecule has 0 radical (unpaired) electrons. The lowest BCUT2D eigenvalue weighted by Crippen LogP contribution is -2.25. The van der Waals surface area contributed by atoms with Crippen LogP contribution >= 0.6 is 0 Å². The number of benzene rings is 2. The van der Waals surface area contributed by atoms with Gasteiger partial charge in [0.05, 0.1) is 6.20 Å². The van der Waals surface area contributed by atoms with E-state index in [1.807, 2.05) is 24.3 Å². The molecule has 1 amide bonds. The molecule has 130 valence electrons. The van der Waals surface area contributed by atoms with Crippen molar-refractivity contribution in [1.82, 2.24) is 10.3 Å². The van der Waals surface area contributed by atoms with E-state index in [-0.39, 0.29) is 24.8 Å². The number of hydrogen-bond acceptors (Lipinski definition) is 4. The Labute approximate surface area is 151 Å². The van der Waals surface area contributed by atoms with Crippen LogP contribution in [-0.4, -0.2) is 22.8 Å². The van der Waals surface area contributed by atoms with Gasteiger partial charge in [-0.3, -0.25) is 4.98 Å². The van der Waals surface area contributed by atoms with Crippen LogP contribution in [0.25, 0.3) is 11.1 Å². The van der Waals surface area contributed by atoms with Gasteiger partial charge in [0.1, 0.15) is 12.4 Å². The van der Waals surface area contributed by atoms with Crippen molar-refractivity contribution >= 4 is 6.09 Å². The van der Waals surface area contributed by atoms with Crippen LogP contribution in [0.5, 0.6) is 5.75 Å². The van der Waals surface area contributed by atoms with E-state index in [0.717, 1.165) is 0 Å². The van der Waals surface area contributed by atoms with Crippen molar-refractivity contribution in [2.75, 3.05) is 6.61 Å². The lowest BCUT2D eigenvalue weighted by molar-refractivity contribution is 0.142. The van der Waals surface area contributed by atoms with Crippen LogP contribution in [0, 0.1) is 0 Å². The highest BCUT2D eigenvalue weighted by molar-refractivity contribution is 5.79. The van der Waals surface area contributed by atoms with Gasteiger partial charge in [-0.2, -0.15) is 0 Å². The second kappa shape index (κ2) is 6.88. The number of carbonyl (C=O) groups is 1. The van der Waals surface area contributed by atoms with Gasteiger partial charge in [-0.1, -0.05) is 48.5 Å². The van der Waals surface area contributed by atoms with Gasteiger partial charge in [-0.05, 0) is 33.9 Å². The molecule has 0 spiro atoms. The topological polar surface area (TPSA) is 71.5 Å². The maximum absolute atomic E-state index is 12.1. The predicted molar refractivity (Wildman–Crippen MR) is 97.8 cm³/mol. The average Bonchev–Trinajstić information content (AvgIpc) is 2.99. The second-order valence-corrected chi connectivity index (χ2v) is 6.23. The molecule has 0 fully saturated rings. The van der Waals surface area contributed by atoms with Crippen LogP contribution in [0.15, 0.2) is 67.0 Å². The first-order valence-corrected chi connectivity index (χ1v) is 8.44. The van der Waals surface area contributed by atoms with E-state index in [1.54, 1.807) is 12.3 Å². The summed E-state index contributed by atoms with van der Waals surface area (Å²) in [7, 11) is 0. The van der Waals surface area contributed by atoms with Crippen LogP contribution in [-0.2, 0) is 11.3 Å². The largest absolute Gasteiger partial charge is 0.506 e. The Morgan fingerprint density at radius 3 is 2.35 bits per heavy atom. The number of nitrogens with zero attached hydrogens (tertiary/aromatic N) is 1. The van der Waals surface area contributed by atoms with Gasteiger partial charge in [0, 0.05) is 18.7 Å². The van der Waals surface area contributed by atoms with Crippen molar-refractivity contribution in [3.63, 3.8) is 0 Å². The molecule has 4 rings (SSSR count). The van der Waals surface area contributed by atoms with Crippen molar-refractivity contribution in [3.05, 3.63) is 83.7 Å². The summed E-state index contributed by atoms with van der Waals surface area (Å²) in [6.45, 7) is 0.524. The third-order valence-electron chi connectivity index (χ3n) is 4.56. The van der Waals surface area contributed by atoms with Gasteiger partial charge in [-0.25, -0.2) is 4.79 Å². The summed E-state index contributed by atoms with van der Waals surface area (Å²) >= 11 is 0. The fourth-order valence-corrected chi connectivity index (χ4v) is 3.39. The van der Waals surface area contributed by atoms with Gasteiger partial charge in [-0.15, -0.1) is 0 Å². The lowest BCUT2D eigenvalue weighted by Gasteiger charge is -2.14. The lowest BCUT2D eigenvalue weighted by atomic mass is 9.98. The van der Waals surface area contributed by atoms with Gasteiger partial charge >= 0.3 is 6.09 Å². The smallest absolute Gasteiger partial charge is 0.407 e. The third kappa shape index (κ3) is 3.11. The molecule has 1 aliphatic carbocycles. The summed E-state index contributed by atoms with van der Waals surface area (Å²) in [6, 6.07) is 18.0. The van der Waals surface area contributed by atoms with E-state index in [9.17, 15) is 9.90 Å². The molecule has 1 aromatic heterocycles. The van der Waals surface area contributed by atoms with Crippen molar-refractivity contribution < 1.29 is 14.6 Å². The van der Waals surface area contributed by atoms with Crippen molar-refractivity contribution in [3.8, 4) is 16.9 Å². The van der Waals surface area contributed by atoms with E-state index in [4.69, 9.17) is 4.74 Å². The first-order chi connectivity index (χ1) is 12.7. The SMILES string of the molecule is O=C(NCc1cncc(O)c1)OCC1c2ccccc2-c2ccccc21. The fraction of sp³-hybridized carbons (Fsp3) is 0.143. The minimum Gasteiger partial charge on any atom is -0.506 e. The molecule has 5 heteroatoms. The molecular formula is C21H18N2O3. The maximum atomic E-state index is 12.1. The average molecular weight is 346 g/mol. The molecule has 1 aliphatic rings. The number of fused-ring (bicyclic) bond motifs is 3. The summed E-state index contributed by atoms with van der Waals surface area (Å²) in [4.78, 5) is 15.9. The highest BCUT2D eigenvalue weighted by Crippen LogP contribution is 2.44. The normalized spacial score (nSPS) is 12.3. The Bertz CT molecular complexity index is 910. The molecule has 26 heavy (non-hydrogen) atoms. The van der Waals surface area contributed by atoms with Gasteiger partial charge in [0.15, 0.2) is 0 Å².